The number of hydrogen-bond acceptors (Lipinski definition) is 1. The van der Waals surface area contributed by atoms with Gasteiger partial charge in [-0.1, -0.05) is 12.5 Å². The summed E-state index contributed by atoms with van der Waals surface area (Å²) in [4.78, 5) is 10.7. The first-order chi connectivity index (χ1) is 4.70. The maximum absolute atomic E-state index is 10.7. The lowest BCUT2D eigenvalue weighted by molar-refractivity contribution is 0.101. The van der Waals surface area contributed by atoms with Gasteiger partial charge in [-0.3, -0.25) is 0 Å². The van der Waals surface area contributed by atoms with Crippen LogP contribution in [0.4, 0.5) is 0 Å². The third-order valence-corrected chi connectivity index (χ3v) is 1.37. The number of ketones is 1. The molecular weight excluding hydrogens is 124 g/mol. The summed E-state index contributed by atoms with van der Waals surface area (Å²) in [6, 6.07) is 8.38. The molecular formula is C9H9O-. The molecule has 1 aromatic carbocycles. The Morgan fingerprint density at radius 3 is 2.60 bits per heavy atom. The van der Waals surface area contributed by atoms with Gasteiger partial charge in [-0.2, -0.15) is 29.8 Å². The van der Waals surface area contributed by atoms with Gasteiger partial charge in [0.1, 0.15) is 5.78 Å². The van der Waals surface area contributed by atoms with E-state index >= 15 is 0 Å². The zero-order chi connectivity index (χ0) is 7.56. The molecule has 1 rings (SSSR count). The molecule has 0 bridgehead atoms. The number of Topliss-reactive ketones (excluding diaryl/α,β-unsaturated/α-hetero) is 1. The highest BCUT2D eigenvalue weighted by molar-refractivity contribution is 5.93. The minimum absolute atomic E-state index is 0.0938. The lowest BCUT2D eigenvalue weighted by Crippen LogP contribution is -1.90. The fraction of sp³-hybridized carbons (Fsp3) is 0.222. The molecule has 10 heavy (non-hydrogen) atoms. The minimum Gasteiger partial charge on any atom is -0.309 e. The van der Waals surface area contributed by atoms with E-state index < -0.39 is 0 Å². The van der Waals surface area contributed by atoms with Crippen LogP contribution in [0.25, 0.3) is 0 Å². The molecule has 0 spiro atoms. The Kier molecular flexibility index (Phi) is 1.86. The Hall–Kier alpha value is -1.11. The van der Waals surface area contributed by atoms with Gasteiger partial charge in [-0.15, -0.1) is 0 Å². The van der Waals surface area contributed by atoms with Crippen molar-refractivity contribution in [2.24, 2.45) is 0 Å². The molecule has 0 saturated carbocycles. The van der Waals surface area contributed by atoms with Crippen molar-refractivity contribution in [3.8, 4) is 0 Å². The van der Waals surface area contributed by atoms with Crippen LogP contribution in [-0.4, -0.2) is 5.78 Å². The molecule has 0 heterocycles. The van der Waals surface area contributed by atoms with Crippen LogP contribution in [-0.2, 0) is 0 Å². The van der Waals surface area contributed by atoms with Crippen LogP contribution in [0.5, 0.6) is 0 Å². The number of carbonyl (C=O) groups is 1. The van der Waals surface area contributed by atoms with Gasteiger partial charge in [-0.25, -0.2) is 0 Å². The Morgan fingerprint density at radius 1 is 1.50 bits per heavy atom. The molecule has 0 fully saturated rings. The Balaban J connectivity index is 3.00. The van der Waals surface area contributed by atoms with Gasteiger partial charge in [0.15, 0.2) is 0 Å². The monoisotopic (exact) mass is 133 g/mol. The Labute approximate surface area is 60.7 Å². The standard InChI is InChI=1S/C9H9O/c1-7-3-5-9(6-4-7)8(2)10/h3,5-6H,1-2H3/q-1. The van der Waals surface area contributed by atoms with E-state index in [9.17, 15) is 4.79 Å². The summed E-state index contributed by atoms with van der Waals surface area (Å²) in [7, 11) is 0. The first-order valence-electron chi connectivity index (χ1n) is 3.19. The van der Waals surface area contributed by atoms with E-state index in [4.69, 9.17) is 0 Å². The topological polar surface area (TPSA) is 17.1 Å². The first-order valence-corrected chi connectivity index (χ1v) is 3.19. The molecule has 0 aromatic heterocycles. The second kappa shape index (κ2) is 2.65. The molecule has 0 atom stereocenters. The summed E-state index contributed by atoms with van der Waals surface area (Å²) in [5, 5.41) is 0. The number of benzene rings is 1. The van der Waals surface area contributed by atoms with E-state index in [0.717, 1.165) is 11.1 Å². The molecule has 0 aliphatic heterocycles. The molecule has 0 aliphatic rings. The highest BCUT2D eigenvalue weighted by Gasteiger charge is 1.86. The van der Waals surface area contributed by atoms with E-state index in [1.54, 1.807) is 13.0 Å². The number of carbonyl (C=O) groups excluding carboxylic acids is 1. The van der Waals surface area contributed by atoms with E-state index in [-0.39, 0.29) is 5.78 Å². The molecule has 0 amide bonds. The van der Waals surface area contributed by atoms with Crippen molar-refractivity contribution < 1.29 is 4.79 Å². The van der Waals surface area contributed by atoms with Gasteiger partial charge in [-0.05, 0) is 6.92 Å². The number of hydrogen-bond donors (Lipinski definition) is 0. The summed E-state index contributed by atoms with van der Waals surface area (Å²) < 4.78 is 0. The number of aryl methyl sites for hydroxylation is 1. The van der Waals surface area contributed by atoms with Crippen LogP contribution >= 0.6 is 0 Å². The van der Waals surface area contributed by atoms with Gasteiger partial charge in [0.05, 0.1) is 0 Å². The molecule has 1 aromatic rings. The second-order valence-electron chi connectivity index (χ2n) is 2.32. The predicted molar refractivity (Wildman–Crippen MR) is 40.0 cm³/mol. The lowest BCUT2D eigenvalue weighted by Gasteiger charge is -2.03. The molecule has 0 saturated heterocycles. The van der Waals surface area contributed by atoms with Gasteiger partial charge >= 0.3 is 0 Å². The smallest absolute Gasteiger partial charge is 0.105 e. The summed E-state index contributed by atoms with van der Waals surface area (Å²) in [6.07, 6.45) is 0. The van der Waals surface area contributed by atoms with Crippen LogP contribution < -0.4 is 0 Å². The predicted octanol–water partition coefficient (Wildman–Crippen LogP) is 2.00. The quantitative estimate of drug-likeness (QED) is 0.423. The van der Waals surface area contributed by atoms with Crippen LogP contribution in [0.15, 0.2) is 18.2 Å². The first kappa shape index (κ1) is 7.00. The molecule has 0 radical (unpaired) electrons. The maximum atomic E-state index is 10.7. The zero-order valence-electron chi connectivity index (χ0n) is 6.14. The summed E-state index contributed by atoms with van der Waals surface area (Å²) in [5.41, 5.74) is 1.79. The van der Waals surface area contributed by atoms with Crippen LogP contribution in [0.3, 0.4) is 0 Å². The molecule has 52 valence electrons. The summed E-state index contributed by atoms with van der Waals surface area (Å²) in [6.45, 7) is 3.50. The van der Waals surface area contributed by atoms with Crippen molar-refractivity contribution in [2.75, 3.05) is 0 Å². The van der Waals surface area contributed by atoms with E-state index in [2.05, 4.69) is 6.07 Å². The zero-order valence-corrected chi connectivity index (χ0v) is 6.14. The number of rotatable bonds is 1. The van der Waals surface area contributed by atoms with Crippen molar-refractivity contribution in [3.63, 3.8) is 0 Å². The second-order valence-corrected chi connectivity index (χ2v) is 2.32. The molecule has 0 aliphatic carbocycles. The summed E-state index contributed by atoms with van der Waals surface area (Å²) in [5.74, 6) is 0.0938. The van der Waals surface area contributed by atoms with E-state index in [1.165, 1.54) is 0 Å². The van der Waals surface area contributed by atoms with Crippen LogP contribution in [0, 0.1) is 13.0 Å². The van der Waals surface area contributed by atoms with E-state index in [1.807, 2.05) is 19.1 Å². The molecule has 0 unspecified atom stereocenters. The SMILES string of the molecule is CC(=O)c1c[c-]c(C)cc1. The molecule has 1 heteroatoms. The maximum Gasteiger partial charge on any atom is 0.105 e. The molecule has 1 nitrogen and oxygen atoms in total. The lowest BCUT2D eigenvalue weighted by atomic mass is 10.1. The van der Waals surface area contributed by atoms with Crippen molar-refractivity contribution in [3.05, 3.63) is 35.4 Å². The highest BCUT2D eigenvalue weighted by atomic mass is 16.1. The third kappa shape index (κ3) is 1.44. The van der Waals surface area contributed by atoms with E-state index in [0.29, 0.717) is 0 Å². The Bertz CT molecular complexity index is 233. The van der Waals surface area contributed by atoms with Crippen molar-refractivity contribution in [1.82, 2.24) is 0 Å². The van der Waals surface area contributed by atoms with Gasteiger partial charge in [0.25, 0.3) is 0 Å². The fourth-order valence-corrected chi connectivity index (χ4v) is 0.722. The Morgan fingerprint density at radius 2 is 2.20 bits per heavy atom. The molecule has 0 N–H and O–H groups in total. The van der Waals surface area contributed by atoms with Crippen LogP contribution in [0.1, 0.15) is 22.8 Å². The highest BCUT2D eigenvalue weighted by Crippen LogP contribution is 2.01. The normalized spacial score (nSPS) is 9.40. The average Bonchev–Trinajstić information content (AvgIpc) is 1.88. The van der Waals surface area contributed by atoms with Crippen molar-refractivity contribution in [2.45, 2.75) is 13.8 Å². The van der Waals surface area contributed by atoms with Gasteiger partial charge < -0.3 is 4.79 Å². The van der Waals surface area contributed by atoms with Gasteiger partial charge in [0.2, 0.25) is 0 Å². The van der Waals surface area contributed by atoms with Crippen molar-refractivity contribution >= 4 is 5.78 Å². The largest absolute Gasteiger partial charge is 0.309 e. The van der Waals surface area contributed by atoms with Crippen LogP contribution in [0.2, 0.25) is 0 Å². The average molecular weight is 133 g/mol. The minimum atomic E-state index is 0.0938. The summed E-state index contributed by atoms with van der Waals surface area (Å²) >= 11 is 0. The van der Waals surface area contributed by atoms with Crippen molar-refractivity contribution in [1.29, 1.82) is 0 Å². The third-order valence-electron chi connectivity index (χ3n) is 1.37. The van der Waals surface area contributed by atoms with Gasteiger partial charge in [0, 0.05) is 0 Å². The fourth-order valence-electron chi connectivity index (χ4n) is 0.722.